The lowest BCUT2D eigenvalue weighted by Gasteiger charge is -2.24. The maximum Gasteiger partial charge on any atom is 0.280 e. The molecule has 0 saturated heterocycles. The van der Waals surface area contributed by atoms with Crippen LogP contribution in [0.3, 0.4) is 0 Å². The molecule has 0 spiro atoms. The highest BCUT2D eigenvalue weighted by Crippen LogP contribution is 2.32. The summed E-state index contributed by atoms with van der Waals surface area (Å²) in [6, 6.07) is 13.7. The van der Waals surface area contributed by atoms with Gasteiger partial charge in [-0.25, -0.2) is 9.07 Å². The van der Waals surface area contributed by atoms with Gasteiger partial charge >= 0.3 is 0 Å². The number of ether oxygens (including phenoxy) is 2. The second kappa shape index (κ2) is 7.10. The first-order valence-electron chi connectivity index (χ1n) is 9.00. The average molecular weight is 393 g/mol. The van der Waals surface area contributed by atoms with Crippen molar-refractivity contribution in [3.63, 3.8) is 0 Å². The molecule has 5 rings (SSSR count). The van der Waals surface area contributed by atoms with Crippen LogP contribution >= 0.6 is 0 Å². The smallest absolute Gasteiger partial charge is 0.280 e. The van der Waals surface area contributed by atoms with Gasteiger partial charge in [0.15, 0.2) is 5.69 Å². The summed E-state index contributed by atoms with van der Waals surface area (Å²) in [6.45, 7) is 0.734. The lowest BCUT2D eigenvalue weighted by Crippen LogP contribution is -2.22. The van der Waals surface area contributed by atoms with Gasteiger partial charge in [0.1, 0.15) is 17.7 Å². The summed E-state index contributed by atoms with van der Waals surface area (Å²) in [7, 11) is 1.59. The van der Waals surface area contributed by atoms with E-state index in [-0.39, 0.29) is 24.4 Å². The van der Waals surface area contributed by atoms with Crippen molar-refractivity contribution in [3.8, 4) is 28.7 Å². The van der Waals surface area contributed by atoms with Crippen LogP contribution in [0, 0.1) is 5.82 Å². The molecule has 0 amide bonds. The summed E-state index contributed by atoms with van der Waals surface area (Å²) in [4.78, 5) is 4.46. The van der Waals surface area contributed by atoms with Crippen LogP contribution < -0.4 is 4.74 Å². The zero-order valence-electron chi connectivity index (χ0n) is 15.4. The Morgan fingerprint density at radius 1 is 1.14 bits per heavy atom. The number of para-hydroxylation sites is 1. The molecule has 1 atom stereocenters. The first-order chi connectivity index (χ1) is 14.2. The topological polar surface area (TPSA) is 88.1 Å². The Morgan fingerprint density at radius 3 is 2.79 bits per heavy atom. The van der Waals surface area contributed by atoms with E-state index in [0.717, 1.165) is 16.8 Å². The minimum absolute atomic E-state index is 0.232. The fourth-order valence-electron chi connectivity index (χ4n) is 3.32. The molecule has 0 N–H and O–H groups in total. The van der Waals surface area contributed by atoms with Crippen molar-refractivity contribution in [2.45, 2.75) is 19.3 Å². The van der Waals surface area contributed by atoms with E-state index in [9.17, 15) is 4.39 Å². The first kappa shape index (κ1) is 17.5. The summed E-state index contributed by atoms with van der Waals surface area (Å²) >= 11 is 0. The maximum atomic E-state index is 13.2. The van der Waals surface area contributed by atoms with Gasteiger partial charge in [0.2, 0.25) is 5.82 Å². The van der Waals surface area contributed by atoms with Crippen molar-refractivity contribution in [2.75, 3.05) is 7.11 Å². The summed E-state index contributed by atoms with van der Waals surface area (Å²) in [5, 5.41) is 12.5. The normalized spacial score (nSPS) is 15.9. The number of benzene rings is 2. The van der Waals surface area contributed by atoms with Crippen molar-refractivity contribution in [1.29, 1.82) is 0 Å². The van der Waals surface area contributed by atoms with E-state index in [1.807, 2.05) is 24.3 Å². The molecular formula is C20H16FN5O3. The van der Waals surface area contributed by atoms with E-state index < -0.39 is 0 Å². The number of rotatable bonds is 4. The predicted molar refractivity (Wildman–Crippen MR) is 99.2 cm³/mol. The summed E-state index contributed by atoms with van der Waals surface area (Å²) < 4.78 is 31.6. The van der Waals surface area contributed by atoms with Crippen molar-refractivity contribution in [2.24, 2.45) is 0 Å². The molecule has 9 heteroatoms. The van der Waals surface area contributed by atoms with Gasteiger partial charge in [0, 0.05) is 0 Å². The van der Waals surface area contributed by atoms with E-state index >= 15 is 0 Å². The number of hydrogen-bond donors (Lipinski definition) is 0. The average Bonchev–Trinajstić information content (AvgIpc) is 3.40. The van der Waals surface area contributed by atoms with Crippen LogP contribution in [-0.4, -0.2) is 32.2 Å². The number of methoxy groups -OCH3 is 1. The maximum absolute atomic E-state index is 13.2. The van der Waals surface area contributed by atoms with Crippen molar-refractivity contribution >= 4 is 0 Å². The monoisotopic (exact) mass is 393 g/mol. The third-order valence-corrected chi connectivity index (χ3v) is 4.82. The Hall–Kier alpha value is -3.59. The third-order valence-electron chi connectivity index (χ3n) is 4.82. The summed E-state index contributed by atoms with van der Waals surface area (Å²) in [5.74, 6) is 1.03. The van der Waals surface area contributed by atoms with Gasteiger partial charge in [-0.1, -0.05) is 34.6 Å². The third kappa shape index (κ3) is 3.15. The highest BCUT2D eigenvalue weighted by Gasteiger charge is 2.28. The van der Waals surface area contributed by atoms with Gasteiger partial charge in [-0.05, 0) is 29.8 Å². The number of hydrogen-bond acceptors (Lipinski definition) is 7. The molecule has 2 aromatic carbocycles. The molecule has 0 fully saturated rings. The largest absolute Gasteiger partial charge is 0.496 e. The summed E-state index contributed by atoms with van der Waals surface area (Å²) in [5.41, 5.74) is 2.83. The predicted octanol–water partition coefficient (Wildman–Crippen LogP) is 3.41. The molecule has 1 aliphatic rings. The fraction of sp³-hybridized carbons (Fsp3) is 0.200. The Morgan fingerprint density at radius 2 is 1.97 bits per heavy atom. The van der Waals surface area contributed by atoms with Gasteiger partial charge in [0.05, 0.1) is 31.5 Å². The molecule has 0 aliphatic carbocycles. The van der Waals surface area contributed by atoms with Crippen LogP contribution in [0.4, 0.5) is 4.39 Å². The molecule has 2 aromatic heterocycles. The van der Waals surface area contributed by atoms with Crippen LogP contribution in [0.2, 0.25) is 0 Å². The number of aromatic nitrogens is 5. The van der Waals surface area contributed by atoms with Crippen LogP contribution in [0.1, 0.15) is 17.4 Å². The quantitative estimate of drug-likeness (QED) is 0.525. The summed E-state index contributed by atoms with van der Waals surface area (Å²) in [6.07, 6.45) is -0.232. The molecule has 0 bridgehead atoms. The van der Waals surface area contributed by atoms with Crippen LogP contribution in [0.25, 0.3) is 23.0 Å². The molecule has 4 aromatic rings. The Kier molecular flexibility index (Phi) is 4.28. The van der Waals surface area contributed by atoms with Crippen LogP contribution in [-0.2, 0) is 17.9 Å². The minimum Gasteiger partial charge on any atom is -0.496 e. The second-order valence-electron chi connectivity index (χ2n) is 6.54. The zero-order chi connectivity index (χ0) is 19.8. The van der Waals surface area contributed by atoms with Gasteiger partial charge in [-0.2, -0.15) is 4.98 Å². The van der Waals surface area contributed by atoms with E-state index in [4.69, 9.17) is 14.0 Å². The standard InChI is InChI=1S/C20H16FN5O3/c1-27-16-5-3-2-4-14(16)19-22-20(29-24-19)18-15-11-28-17(10-26(15)25-23-18)12-6-8-13(21)9-7-12/h2-9,17H,10-11H2,1H3/t17-/m0/s1. The number of fused-ring (bicyclic) bond motifs is 1. The van der Waals surface area contributed by atoms with Crippen molar-refractivity contribution < 1.29 is 18.4 Å². The highest BCUT2D eigenvalue weighted by atomic mass is 19.1. The van der Waals surface area contributed by atoms with Crippen LogP contribution in [0.15, 0.2) is 53.1 Å². The van der Waals surface area contributed by atoms with Crippen molar-refractivity contribution in [3.05, 3.63) is 65.6 Å². The highest BCUT2D eigenvalue weighted by molar-refractivity contribution is 5.65. The SMILES string of the molecule is COc1ccccc1-c1noc(-c2nnn3c2CO[C@H](c2ccc(F)cc2)C3)n1. The Labute approximate surface area is 164 Å². The van der Waals surface area contributed by atoms with Gasteiger partial charge in [-0.3, -0.25) is 0 Å². The van der Waals surface area contributed by atoms with Gasteiger partial charge < -0.3 is 14.0 Å². The molecule has 0 saturated carbocycles. The lowest BCUT2D eigenvalue weighted by molar-refractivity contribution is -0.00120. The fourth-order valence-corrected chi connectivity index (χ4v) is 3.32. The lowest BCUT2D eigenvalue weighted by atomic mass is 10.1. The van der Waals surface area contributed by atoms with E-state index in [1.54, 1.807) is 23.9 Å². The molecule has 1 aliphatic heterocycles. The molecular weight excluding hydrogens is 377 g/mol. The molecule has 0 unspecified atom stereocenters. The van der Waals surface area contributed by atoms with E-state index in [0.29, 0.717) is 23.8 Å². The van der Waals surface area contributed by atoms with Crippen LogP contribution in [0.5, 0.6) is 5.75 Å². The number of halogens is 1. The first-order valence-corrected chi connectivity index (χ1v) is 9.00. The molecule has 3 heterocycles. The Balaban J connectivity index is 1.42. The molecule has 0 radical (unpaired) electrons. The second-order valence-corrected chi connectivity index (χ2v) is 6.54. The zero-order valence-corrected chi connectivity index (χ0v) is 15.4. The number of nitrogens with zero attached hydrogens (tertiary/aromatic N) is 5. The Bertz CT molecular complexity index is 1160. The van der Waals surface area contributed by atoms with E-state index in [2.05, 4.69) is 20.5 Å². The molecule has 29 heavy (non-hydrogen) atoms. The van der Waals surface area contributed by atoms with Gasteiger partial charge in [-0.15, -0.1) is 5.10 Å². The minimum atomic E-state index is -0.282. The van der Waals surface area contributed by atoms with E-state index in [1.165, 1.54) is 12.1 Å². The molecule has 146 valence electrons. The van der Waals surface area contributed by atoms with Crippen molar-refractivity contribution in [1.82, 2.24) is 25.1 Å². The van der Waals surface area contributed by atoms with Gasteiger partial charge in [0.25, 0.3) is 5.89 Å². The molecule has 8 nitrogen and oxygen atoms in total.